The van der Waals surface area contributed by atoms with Crippen LogP contribution in [0.2, 0.25) is 0 Å². The highest BCUT2D eigenvalue weighted by molar-refractivity contribution is 7.84. The lowest BCUT2D eigenvalue weighted by atomic mass is 10.1. The van der Waals surface area contributed by atoms with Crippen LogP contribution in [0.1, 0.15) is 15.9 Å². The van der Waals surface area contributed by atoms with Crippen molar-refractivity contribution in [3.8, 4) is 17.2 Å². The molecule has 0 saturated heterocycles. The summed E-state index contributed by atoms with van der Waals surface area (Å²) in [6.45, 7) is -0.00927. The lowest BCUT2D eigenvalue weighted by Crippen LogP contribution is -2.27. The second kappa shape index (κ2) is 9.73. The van der Waals surface area contributed by atoms with E-state index >= 15 is 0 Å². The van der Waals surface area contributed by atoms with E-state index in [4.69, 9.17) is 9.47 Å². The van der Waals surface area contributed by atoms with Gasteiger partial charge >= 0.3 is 6.36 Å². The van der Waals surface area contributed by atoms with E-state index in [9.17, 15) is 22.2 Å². The van der Waals surface area contributed by atoms with Crippen molar-refractivity contribution in [2.45, 2.75) is 17.8 Å². The zero-order chi connectivity index (χ0) is 23.3. The lowest BCUT2D eigenvalue weighted by Gasteiger charge is -2.15. The summed E-state index contributed by atoms with van der Waals surface area (Å²) in [4.78, 5) is 12.7. The molecule has 1 aromatic heterocycles. The number of nitrogens with zero attached hydrogens (tertiary/aromatic N) is 2. The fourth-order valence-corrected chi connectivity index (χ4v) is 3.87. The smallest absolute Gasteiger partial charge is 0.495 e. The Morgan fingerprint density at radius 1 is 1.09 bits per heavy atom. The molecule has 3 rings (SSSR count). The number of halogens is 3. The van der Waals surface area contributed by atoms with Gasteiger partial charge in [-0.1, -0.05) is 12.1 Å². The summed E-state index contributed by atoms with van der Waals surface area (Å²) in [6.07, 6.45) is -1.92. The second-order valence-corrected chi connectivity index (χ2v) is 7.42. The second-order valence-electron chi connectivity index (χ2n) is 6.27. The first-order valence-electron chi connectivity index (χ1n) is 9.01. The van der Waals surface area contributed by atoms with Gasteiger partial charge in [-0.2, -0.15) is 5.10 Å². The predicted octanol–water partition coefficient (Wildman–Crippen LogP) is 3.30. The van der Waals surface area contributed by atoms with Gasteiger partial charge in [-0.25, -0.2) is 4.21 Å². The molecule has 0 fully saturated rings. The van der Waals surface area contributed by atoms with Crippen LogP contribution in [0.4, 0.5) is 13.2 Å². The molecule has 0 saturated carbocycles. The molecule has 170 valence electrons. The standard InChI is InChI=1S/C20H18F3N3O5S/c1-29-15-5-3-6-16(30-2)18(15)32(28)25-19(27)13-7-8-14(12-26-10-4-9-24-26)17(11-13)31-20(21,22)23/h3-11H,12H2,1-2H3,(H,25,27). The van der Waals surface area contributed by atoms with Crippen LogP contribution in [0.25, 0.3) is 0 Å². The van der Waals surface area contributed by atoms with E-state index in [1.165, 1.54) is 49.4 Å². The van der Waals surface area contributed by atoms with Crippen LogP contribution < -0.4 is 18.9 Å². The number of nitrogens with one attached hydrogen (secondary N) is 1. The van der Waals surface area contributed by atoms with Gasteiger partial charge in [0.05, 0.1) is 20.8 Å². The third-order valence-electron chi connectivity index (χ3n) is 4.20. The summed E-state index contributed by atoms with van der Waals surface area (Å²) in [5.41, 5.74) is -0.0363. The Kier molecular flexibility index (Phi) is 7.03. The van der Waals surface area contributed by atoms with Gasteiger partial charge in [0, 0.05) is 23.5 Å². The van der Waals surface area contributed by atoms with E-state index in [1.807, 2.05) is 0 Å². The van der Waals surface area contributed by atoms with Crippen molar-refractivity contribution in [3.63, 3.8) is 0 Å². The Balaban J connectivity index is 1.88. The number of rotatable bonds is 8. The highest BCUT2D eigenvalue weighted by Crippen LogP contribution is 2.32. The fraction of sp³-hybridized carbons (Fsp3) is 0.200. The van der Waals surface area contributed by atoms with Gasteiger partial charge in [-0.05, 0) is 30.3 Å². The maximum Gasteiger partial charge on any atom is 0.573 e. The fourth-order valence-electron chi connectivity index (χ4n) is 2.81. The van der Waals surface area contributed by atoms with Gasteiger partial charge in [0.15, 0.2) is 11.0 Å². The molecule has 1 N–H and O–H groups in total. The molecule has 1 heterocycles. The van der Waals surface area contributed by atoms with Gasteiger partial charge in [-0.3, -0.25) is 14.2 Å². The van der Waals surface area contributed by atoms with Crippen molar-refractivity contribution in [1.29, 1.82) is 0 Å². The predicted molar refractivity (Wildman–Crippen MR) is 108 cm³/mol. The number of ether oxygens (including phenoxy) is 3. The van der Waals surface area contributed by atoms with E-state index in [0.29, 0.717) is 0 Å². The van der Waals surface area contributed by atoms with Crippen LogP contribution in [0, 0.1) is 0 Å². The summed E-state index contributed by atoms with van der Waals surface area (Å²) in [7, 11) is 0.594. The number of hydrogen-bond acceptors (Lipinski definition) is 6. The highest BCUT2D eigenvalue weighted by Gasteiger charge is 2.32. The molecule has 8 nitrogen and oxygen atoms in total. The average molecular weight is 469 g/mol. The molecule has 1 atom stereocenters. The zero-order valence-corrected chi connectivity index (χ0v) is 17.7. The van der Waals surface area contributed by atoms with Crippen molar-refractivity contribution in [2.75, 3.05) is 14.2 Å². The van der Waals surface area contributed by atoms with Gasteiger partial charge in [-0.15, -0.1) is 13.2 Å². The van der Waals surface area contributed by atoms with Crippen LogP contribution in [-0.2, 0) is 17.5 Å². The SMILES string of the molecule is COc1cccc(OC)c1S(=O)NC(=O)c1ccc(Cn2cccn2)c(OC(F)(F)F)c1. The number of aromatic nitrogens is 2. The van der Waals surface area contributed by atoms with E-state index in [0.717, 1.165) is 6.07 Å². The van der Waals surface area contributed by atoms with E-state index in [1.54, 1.807) is 18.3 Å². The minimum absolute atomic E-state index is 0.00927. The number of methoxy groups -OCH3 is 2. The van der Waals surface area contributed by atoms with Crippen LogP contribution in [0.15, 0.2) is 59.8 Å². The Morgan fingerprint density at radius 3 is 2.34 bits per heavy atom. The molecule has 0 aliphatic carbocycles. The average Bonchev–Trinajstić information content (AvgIpc) is 3.26. The Labute approximate surface area is 183 Å². The van der Waals surface area contributed by atoms with Crippen LogP contribution >= 0.6 is 0 Å². The van der Waals surface area contributed by atoms with E-state index in [-0.39, 0.29) is 34.1 Å². The maximum atomic E-state index is 12.9. The summed E-state index contributed by atoms with van der Waals surface area (Å²) in [5.74, 6) is -1.03. The molecule has 1 unspecified atom stereocenters. The molecule has 12 heteroatoms. The molecule has 0 aliphatic heterocycles. The normalized spacial score (nSPS) is 12.2. The molecule has 32 heavy (non-hydrogen) atoms. The number of carbonyl (C=O) groups excluding carboxylic acids is 1. The Hall–Kier alpha value is -3.54. The van der Waals surface area contributed by atoms with Crippen molar-refractivity contribution in [2.24, 2.45) is 0 Å². The summed E-state index contributed by atoms with van der Waals surface area (Å²) in [5, 5.41) is 3.95. The molecule has 0 spiro atoms. The molecular weight excluding hydrogens is 451 g/mol. The first-order chi connectivity index (χ1) is 15.2. The van der Waals surface area contributed by atoms with Crippen molar-refractivity contribution < 1.29 is 36.4 Å². The highest BCUT2D eigenvalue weighted by atomic mass is 32.2. The third-order valence-corrected chi connectivity index (χ3v) is 5.34. The summed E-state index contributed by atoms with van der Waals surface area (Å²) >= 11 is 0. The van der Waals surface area contributed by atoms with Crippen molar-refractivity contribution in [1.82, 2.24) is 14.5 Å². The third kappa shape index (κ3) is 5.58. The molecule has 0 bridgehead atoms. The van der Waals surface area contributed by atoms with Gasteiger partial charge in [0.25, 0.3) is 5.91 Å². The Morgan fingerprint density at radius 2 is 1.78 bits per heavy atom. The number of benzene rings is 2. The monoisotopic (exact) mass is 469 g/mol. The van der Waals surface area contributed by atoms with Crippen LogP contribution in [0.5, 0.6) is 17.2 Å². The lowest BCUT2D eigenvalue weighted by molar-refractivity contribution is -0.274. The van der Waals surface area contributed by atoms with Gasteiger partial charge < -0.3 is 14.2 Å². The topological polar surface area (TPSA) is 91.7 Å². The summed E-state index contributed by atoms with van der Waals surface area (Å²) < 4.78 is 69.6. The molecule has 0 radical (unpaired) electrons. The van der Waals surface area contributed by atoms with Crippen molar-refractivity contribution >= 4 is 16.9 Å². The van der Waals surface area contributed by atoms with E-state index in [2.05, 4.69) is 14.6 Å². The molecule has 1 amide bonds. The van der Waals surface area contributed by atoms with Gasteiger partial charge in [0.1, 0.15) is 22.1 Å². The molecule has 0 aliphatic rings. The molecule has 2 aromatic carbocycles. The quantitative estimate of drug-likeness (QED) is 0.545. The Bertz CT molecular complexity index is 1100. The van der Waals surface area contributed by atoms with Crippen molar-refractivity contribution in [3.05, 3.63) is 66.0 Å². The minimum Gasteiger partial charge on any atom is -0.495 e. The first kappa shape index (κ1) is 23.1. The number of carbonyl (C=O) groups is 1. The maximum absolute atomic E-state index is 12.9. The number of hydrogen-bond donors (Lipinski definition) is 1. The largest absolute Gasteiger partial charge is 0.573 e. The molecule has 3 aromatic rings. The first-order valence-corrected chi connectivity index (χ1v) is 10.2. The molecular formula is C20H18F3N3O5S. The number of amides is 1. The van der Waals surface area contributed by atoms with Crippen LogP contribution in [0.3, 0.4) is 0 Å². The van der Waals surface area contributed by atoms with Gasteiger partial charge in [0.2, 0.25) is 0 Å². The zero-order valence-electron chi connectivity index (χ0n) is 16.9. The number of alkyl halides is 3. The summed E-state index contributed by atoms with van der Waals surface area (Å²) in [6, 6.07) is 9.83. The minimum atomic E-state index is -4.97. The van der Waals surface area contributed by atoms with E-state index < -0.39 is 29.0 Å². The van der Waals surface area contributed by atoms with Crippen LogP contribution in [-0.4, -0.2) is 40.5 Å².